The van der Waals surface area contributed by atoms with Gasteiger partial charge in [0.15, 0.2) is 0 Å². The molecule has 0 heterocycles. The summed E-state index contributed by atoms with van der Waals surface area (Å²) >= 11 is 0. The minimum atomic E-state index is -2.81. The van der Waals surface area contributed by atoms with E-state index in [4.69, 9.17) is 0 Å². The fourth-order valence-corrected chi connectivity index (χ4v) is 9.43. The van der Waals surface area contributed by atoms with Crippen LogP contribution in [-0.2, 0) is 6.42 Å². The summed E-state index contributed by atoms with van der Waals surface area (Å²) in [6.07, 6.45) is 9.50. The first kappa shape index (κ1) is 22.4. The Labute approximate surface area is 189 Å². The standard InChI is InChI=1S/C28H28F2OP/c1-22-11-8-9-18-27(22)32(25-14-4-2-5-15-25,26-16-6-3-7-17-26)20-19-23-12-10-13-24(21-23)31-28(29)30/h2-10,12-18,21-22,28H,11,19-20H2,1H3/q+1. The second kappa shape index (κ2) is 10.2. The number of ether oxygens (including phenoxy) is 1. The van der Waals surface area contributed by atoms with Gasteiger partial charge in [0, 0.05) is 12.3 Å². The van der Waals surface area contributed by atoms with Crippen molar-refractivity contribution in [2.45, 2.75) is 26.4 Å². The molecule has 0 saturated carbocycles. The van der Waals surface area contributed by atoms with E-state index in [1.807, 2.05) is 6.07 Å². The molecule has 1 nitrogen and oxygen atoms in total. The van der Waals surface area contributed by atoms with Crippen LogP contribution >= 0.6 is 7.26 Å². The molecule has 4 heteroatoms. The monoisotopic (exact) mass is 449 g/mol. The second-order valence-corrected chi connectivity index (χ2v) is 11.8. The lowest BCUT2D eigenvalue weighted by atomic mass is 10.0. The highest BCUT2D eigenvalue weighted by atomic mass is 31.2. The largest absolute Gasteiger partial charge is 0.435 e. The number of hydrogen-bond donors (Lipinski definition) is 0. The van der Waals surface area contributed by atoms with Crippen LogP contribution in [0.1, 0.15) is 18.9 Å². The van der Waals surface area contributed by atoms with Gasteiger partial charge in [0.2, 0.25) is 0 Å². The average molecular weight is 450 g/mol. The Morgan fingerprint density at radius 2 is 1.56 bits per heavy atom. The van der Waals surface area contributed by atoms with E-state index in [2.05, 4.69) is 90.6 Å². The molecule has 0 spiro atoms. The molecule has 1 unspecified atom stereocenters. The summed E-state index contributed by atoms with van der Waals surface area (Å²) in [6, 6.07) is 28.7. The van der Waals surface area contributed by atoms with Crippen molar-refractivity contribution in [3.05, 3.63) is 114 Å². The Bertz CT molecular complexity index is 1040. The molecule has 0 radical (unpaired) electrons. The van der Waals surface area contributed by atoms with E-state index >= 15 is 0 Å². The van der Waals surface area contributed by atoms with Crippen molar-refractivity contribution in [2.24, 2.45) is 5.92 Å². The summed E-state index contributed by atoms with van der Waals surface area (Å²) in [5.41, 5.74) is 1.01. The SMILES string of the molecule is CC1CC=CC=C1[P+](CCc1cccc(OC(F)F)c1)(c1ccccc1)c1ccccc1. The molecule has 0 N–H and O–H groups in total. The predicted molar refractivity (Wildman–Crippen MR) is 132 cm³/mol. The molecule has 0 amide bonds. The first-order chi connectivity index (χ1) is 15.6. The van der Waals surface area contributed by atoms with E-state index in [1.54, 1.807) is 18.2 Å². The van der Waals surface area contributed by atoms with Gasteiger partial charge in [-0.15, -0.1) is 0 Å². The number of rotatable bonds is 8. The number of aryl methyl sites for hydroxylation is 1. The molecule has 0 saturated heterocycles. The zero-order valence-electron chi connectivity index (χ0n) is 18.2. The van der Waals surface area contributed by atoms with Gasteiger partial charge >= 0.3 is 6.61 Å². The molecule has 1 aliphatic rings. The lowest BCUT2D eigenvalue weighted by Crippen LogP contribution is -2.29. The van der Waals surface area contributed by atoms with Crippen LogP contribution in [0.5, 0.6) is 5.75 Å². The lowest BCUT2D eigenvalue weighted by molar-refractivity contribution is -0.0498. The minimum Gasteiger partial charge on any atom is -0.435 e. The zero-order chi connectivity index (χ0) is 22.4. The van der Waals surface area contributed by atoms with E-state index in [0.29, 0.717) is 5.92 Å². The van der Waals surface area contributed by atoms with Crippen molar-refractivity contribution < 1.29 is 13.5 Å². The molecule has 164 valence electrons. The summed E-state index contributed by atoms with van der Waals surface area (Å²) in [7, 11) is -1.92. The van der Waals surface area contributed by atoms with Crippen LogP contribution in [0.2, 0.25) is 0 Å². The van der Waals surface area contributed by atoms with Gasteiger partial charge in [-0.25, -0.2) is 0 Å². The highest BCUT2D eigenvalue weighted by Crippen LogP contribution is 2.66. The Balaban J connectivity index is 1.80. The van der Waals surface area contributed by atoms with Crippen LogP contribution in [-0.4, -0.2) is 12.8 Å². The van der Waals surface area contributed by atoms with Gasteiger partial charge in [-0.05, 0) is 54.5 Å². The summed E-state index contributed by atoms with van der Waals surface area (Å²) < 4.78 is 30.1. The predicted octanol–water partition coefficient (Wildman–Crippen LogP) is 6.98. The number of hydrogen-bond acceptors (Lipinski definition) is 1. The van der Waals surface area contributed by atoms with Crippen molar-refractivity contribution >= 4 is 17.9 Å². The van der Waals surface area contributed by atoms with Crippen LogP contribution in [0, 0.1) is 5.92 Å². The maximum absolute atomic E-state index is 12.7. The van der Waals surface area contributed by atoms with Crippen molar-refractivity contribution in [3.8, 4) is 5.75 Å². The summed E-state index contributed by atoms with van der Waals surface area (Å²) in [6.45, 7) is -0.502. The van der Waals surface area contributed by atoms with Gasteiger partial charge in [0.1, 0.15) is 23.6 Å². The molecule has 0 fully saturated rings. The fraction of sp³-hybridized carbons (Fsp3) is 0.214. The van der Waals surface area contributed by atoms with Crippen molar-refractivity contribution in [1.82, 2.24) is 0 Å². The molecule has 4 rings (SSSR count). The third-order valence-electron chi connectivity index (χ3n) is 6.09. The maximum atomic E-state index is 12.7. The molecule has 0 aliphatic heterocycles. The Morgan fingerprint density at radius 1 is 0.906 bits per heavy atom. The van der Waals surface area contributed by atoms with Crippen LogP contribution in [0.3, 0.4) is 0 Å². The molecule has 3 aromatic rings. The van der Waals surface area contributed by atoms with Crippen LogP contribution in [0.15, 0.2) is 108 Å². The van der Waals surface area contributed by atoms with Gasteiger partial charge in [-0.1, -0.05) is 67.6 Å². The van der Waals surface area contributed by atoms with Gasteiger partial charge < -0.3 is 4.74 Å². The molecule has 0 aromatic heterocycles. The molecule has 1 aliphatic carbocycles. The van der Waals surface area contributed by atoms with Crippen molar-refractivity contribution in [1.29, 1.82) is 0 Å². The molecular formula is C28H28F2OP+. The number of benzene rings is 3. The topological polar surface area (TPSA) is 9.23 Å². The quantitative estimate of drug-likeness (QED) is 0.337. The average Bonchev–Trinajstić information content (AvgIpc) is 2.82. The van der Waals surface area contributed by atoms with Gasteiger partial charge in [-0.2, -0.15) is 8.78 Å². The molecule has 1 atom stereocenters. The van der Waals surface area contributed by atoms with Crippen LogP contribution in [0.4, 0.5) is 8.78 Å². The Morgan fingerprint density at radius 3 is 2.16 bits per heavy atom. The highest BCUT2D eigenvalue weighted by molar-refractivity contribution is 7.93. The van der Waals surface area contributed by atoms with E-state index < -0.39 is 13.9 Å². The summed E-state index contributed by atoms with van der Waals surface area (Å²) in [4.78, 5) is 0. The van der Waals surface area contributed by atoms with Gasteiger partial charge in [0.05, 0.1) is 11.5 Å². The molecule has 32 heavy (non-hydrogen) atoms. The molecule has 0 bridgehead atoms. The Kier molecular flexibility index (Phi) is 7.17. The van der Waals surface area contributed by atoms with Crippen molar-refractivity contribution in [2.75, 3.05) is 6.16 Å². The normalized spacial score (nSPS) is 16.1. The maximum Gasteiger partial charge on any atom is 0.387 e. The first-order valence-corrected chi connectivity index (χ1v) is 13.0. The van der Waals surface area contributed by atoms with Crippen LogP contribution < -0.4 is 15.3 Å². The van der Waals surface area contributed by atoms with Gasteiger partial charge in [0.25, 0.3) is 0 Å². The number of halogens is 2. The Hall–Kier alpha value is -2.77. The lowest BCUT2D eigenvalue weighted by Gasteiger charge is -2.33. The highest BCUT2D eigenvalue weighted by Gasteiger charge is 2.48. The smallest absolute Gasteiger partial charge is 0.387 e. The fourth-order valence-electron chi connectivity index (χ4n) is 4.61. The second-order valence-electron chi connectivity index (χ2n) is 8.14. The minimum absolute atomic E-state index is 0.217. The third-order valence-corrected chi connectivity index (χ3v) is 10.8. The van der Waals surface area contributed by atoms with Crippen LogP contribution in [0.25, 0.3) is 0 Å². The summed E-state index contributed by atoms with van der Waals surface area (Å²) in [5, 5.41) is 4.22. The van der Waals surface area contributed by atoms with E-state index in [9.17, 15) is 8.78 Å². The first-order valence-electron chi connectivity index (χ1n) is 11.0. The number of allylic oxidation sites excluding steroid dienone is 4. The zero-order valence-corrected chi connectivity index (χ0v) is 19.1. The van der Waals surface area contributed by atoms with E-state index in [-0.39, 0.29) is 5.75 Å². The number of alkyl halides is 2. The van der Waals surface area contributed by atoms with E-state index in [1.165, 1.54) is 15.9 Å². The summed E-state index contributed by atoms with van der Waals surface area (Å²) in [5.74, 6) is 0.663. The van der Waals surface area contributed by atoms with Crippen molar-refractivity contribution in [3.63, 3.8) is 0 Å². The van der Waals surface area contributed by atoms with E-state index in [0.717, 1.165) is 24.6 Å². The third kappa shape index (κ3) is 4.84. The molecule has 3 aromatic carbocycles. The molecular weight excluding hydrogens is 421 g/mol. The van der Waals surface area contributed by atoms with Gasteiger partial charge in [-0.3, -0.25) is 0 Å².